The Hall–Kier alpha value is -2.39. The van der Waals surface area contributed by atoms with Crippen LogP contribution in [0.3, 0.4) is 0 Å². The lowest BCUT2D eigenvalue weighted by Gasteiger charge is -2.10. The molecule has 0 saturated carbocycles. The highest BCUT2D eigenvalue weighted by Gasteiger charge is 2.13. The van der Waals surface area contributed by atoms with E-state index in [-0.39, 0.29) is 0 Å². The molecule has 1 aromatic heterocycles. The van der Waals surface area contributed by atoms with Gasteiger partial charge in [-0.3, -0.25) is 0 Å². The van der Waals surface area contributed by atoms with E-state index in [0.717, 1.165) is 28.3 Å². The minimum absolute atomic E-state index is 0.799. The quantitative estimate of drug-likeness (QED) is 0.578. The summed E-state index contributed by atoms with van der Waals surface area (Å²) in [6.45, 7) is 4.17. The zero-order valence-corrected chi connectivity index (χ0v) is 14.4. The second-order valence-corrected chi connectivity index (χ2v) is 6.35. The molecular formula is C20H19NOS. The van der Waals surface area contributed by atoms with Gasteiger partial charge in [-0.2, -0.15) is 0 Å². The molecule has 1 heterocycles. The molecule has 0 aliphatic rings. The Balaban J connectivity index is 2.18. The van der Waals surface area contributed by atoms with Crippen LogP contribution in [0.5, 0.6) is 5.75 Å². The molecule has 0 fully saturated rings. The van der Waals surface area contributed by atoms with Crippen molar-refractivity contribution in [2.24, 2.45) is 4.99 Å². The van der Waals surface area contributed by atoms with Crippen molar-refractivity contribution >= 4 is 22.7 Å². The molecule has 3 heteroatoms. The number of ether oxygens (including phenoxy) is 1. The smallest absolute Gasteiger partial charge is 0.144 e. The summed E-state index contributed by atoms with van der Waals surface area (Å²) in [7, 11) is 1.69. The van der Waals surface area contributed by atoms with Crippen LogP contribution >= 0.6 is 11.3 Å². The molecule has 0 atom stereocenters. The Kier molecular flexibility index (Phi) is 4.58. The Morgan fingerprint density at radius 2 is 1.78 bits per heavy atom. The summed E-state index contributed by atoms with van der Waals surface area (Å²) >= 11 is 1.72. The predicted molar refractivity (Wildman–Crippen MR) is 98.5 cm³/mol. The fraction of sp³-hybridized carbons (Fsp3) is 0.150. The summed E-state index contributed by atoms with van der Waals surface area (Å²) in [5, 5.41) is 2.11. The third-order valence-electron chi connectivity index (χ3n) is 3.69. The Bertz CT molecular complexity index is 834. The van der Waals surface area contributed by atoms with Gasteiger partial charge in [0.25, 0.3) is 0 Å². The Morgan fingerprint density at radius 1 is 1.00 bits per heavy atom. The van der Waals surface area contributed by atoms with Crippen LogP contribution < -0.4 is 4.74 Å². The minimum Gasteiger partial charge on any atom is -0.494 e. The molecule has 2 nitrogen and oxygen atoms in total. The highest BCUT2D eigenvalue weighted by atomic mass is 32.1. The molecule has 0 unspecified atom stereocenters. The van der Waals surface area contributed by atoms with Gasteiger partial charge in [0.1, 0.15) is 11.4 Å². The minimum atomic E-state index is 0.799. The van der Waals surface area contributed by atoms with Crippen LogP contribution in [-0.4, -0.2) is 12.8 Å². The first-order chi connectivity index (χ1) is 11.2. The van der Waals surface area contributed by atoms with Gasteiger partial charge >= 0.3 is 0 Å². The second-order valence-electron chi connectivity index (χ2n) is 5.43. The highest BCUT2D eigenvalue weighted by molar-refractivity contribution is 7.12. The van der Waals surface area contributed by atoms with E-state index in [9.17, 15) is 0 Å². The van der Waals surface area contributed by atoms with Crippen LogP contribution in [0.25, 0.3) is 0 Å². The van der Waals surface area contributed by atoms with E-state index in [1.807, 2.05) is 30.3 Å². The SMILES string of the molecule is COc1cc(C)ccc1N=C(c1ccccc1)c1sccc1C. The average molecular weight is 321 g/mol. The average Bonchev–Trinajstić information content (AvgIpc) is 3.00. The molecule has 0 bridgehead atoms. The number of methoxy groups -OCH3 is 1. The summed E-state index contributed by atoms with van der Waals surface area (Å²) in [5.74, 6) is 0.799. The van der Waals surface area contributed by atoms with Crippen molar-refractivity contribution in [3.05, 3.63) is 81.5 Å². The second kappa shape index (κ2) is 6.80. The van der Waals surface area contributed by atoms with Crippen molar-refractivity contribution in [1.29, 1.82) is 0 Å². The number of hydrogen-bond donors (Lipinski definition) is 0. The van der Waals surface area contributed by atoms with Crippen LogP contribution in [0.2, 0.25) is 0 Å². The molecule has 3 aromatic rings. The largest absolute Gasteiger partial charge is 0.494 e. The van der Waals surface area contributed by atoms with Crippen LogP contribution in [0.1, 0.15) is 21.6 Å². The van der Waals surface area contributed by atoms with Gasteiger partial charge in [-0.15, -0.1) is 11.3 Å². The van der Waals surface area contributed by atoms with Crippen LogP contribution in [0, 0.1) is 13.8 Å². The lowest BCUT2D eigenvalue weighted by Crippen LogP contribution is -2.02. The molecule has 0 aliphatic carbocycles. The van der Waals surface area contributed by atoms with E-state index in [1.165, 1.54) is 10.4 Å². The van der Waals surface area contributed by atoms with Gasteiger partial charge in [0.05, 0.1) is 17.7 Å². The van der Waals surface area contributed by atoms with E-state index in [2.05, 4.69) is 43.5 Å². The summed E-state index contributed by atoms with van der Waals surface area (Å²) < 4.78 is 5.51. The summed E-state index contributed by atoms with van der Waals surface area (Å²) in [5.41, 5.74) is 5.35. The molecule has 0 amide bonds. The van der Waals surface area contributed by atoms with E-state index >= 15 is 0 Å². The maximum absolute atomic E-state index is 5.51. The van der Waals surface area contributed by atoms with Gasteiger partial charge in [-0.05, 0) is 48.6 Å². The van der Waals surface area contributed by atoms with Crippen molar-refractivity contribution in [3.63, 3.8) is 0 Å². The van der Waals surface area contributed by atoms with Gasteiger partial charge in [-0.1, -0.05) is 36.4 Å². The molecule has 0 N–H and O–H groups in total. The van der Waals surface area contributed by atoms with E-state index < -0.39 is 0 Å². The zero-order chi connectivity index (χ0) is 16.2. The van der Waals surface area contributed by atoms with Gasteiger partial charge < -0.3 is 4.74 Å². The third kappa shape index (κ3) is 3.35. The van der Waals surface area contributed by atoms with Gasteiger partial charge in [-0.25, -0.2) is 4.99 Å². The van der Waals surface area contributed by atoms with Crippen LogP contribution in [0.4, 0.5) is 5.69 Å². The fourth-order valence-electron chi connectivity index (χ4n) is 2.46. The monoisotopic (exact) mass is 321 g/mol. The number of aryl methyl sites for hydroxylation is 2. The molecule has 23 heavy (non-hydrogen) atoms. The third-order valence-corrected chi connectivity index (χ3v) is 4.72. The lowest BCUT2D eigenvalue weighted by molar-refractivity contribution is 0.416. The summed E-state index contributed by atoms with van der Waals surface area (Å²) in [6.07, 6.45) is 0. The topological polar surface area (TPSA) is 21.6 Å². The first-order valence-corrected chi connectivity index (χ1v) is 8.40. The molecule has 0 saturated heterocycles. The molecule has 0 aliphatic heterocycles. The van der Waals surface area contributed by atoms with Crippen LogP contribution in [-0.2, 0) is 0 Å². The highest BCUT2D eigenvalue weighted by Crippen LogP contribution is 2.31. The first-order valence-electron chi connectivity index (χ1n) is 7.52. The van der Waals surface area contributed by atoms with Crippen LogP contribution in [0.15, 0.2) is 65.0 Å². The van der Waals surface area contributed by atoms with Gasteiger partial charge in [0, 0.05) is 5.56 Å². The van der Waals surface area contributed by atoms with E-state index in [1.54, 1.807) is 18.4 Å². The number of benzene rings is 2. The maximum Gasteiger partial charge on any atom is 0.144 e. The predicted octanol–water partition coefficient (Wildman–Crippen LogP) is 5.54. The fourth-order valence-corrected chi connectivity index (χ4v) is 3.39. The lowest BCUT2D eigenvalue weighted by atomic mass is 10.1. The van der Waals surface area contributed by atoms with E-state index in [0.29, 0.717) is 0 Å². The number of rotatable bonds is 4. The van der Waals surface area contributed by atoms with Crippen molar-refractivity contribution < 1.29 is 4.74 Å². The molecular weight excluding hydrogens is 302 g/mol. The van der Waals surface area contributed by atoms with Crippen molar-refractivity contribution in [2.75, 3.05) is 7.11 Å². The summed E-state index contributed by atoms with van der Waals surface area (Å²) in [6, 6.07) is 18.5. The standard InChI is InChI=1S/C20H19NOS/c1-14-9-10-17(18(13-14)22-3)21-19(16-7-5-4-6-8-16)20-15(2)11-12-23-20/h4-13H,1-3H3. The molecule has 3 rings (SSSR count). The van der Waals surface area contributed by atoms with Gasteiger partial charge in [0.2, 0.25) is 0 Å². The van der Waals surface area contributed by atoms with Crippen molar-refractivity contribution in [1.82, 2.24) is 0 Å². The Labute approximate surface area is 141 Å². The molecule has 0 radical (unpaired) electrons. The molecule has 0 spiro atoms. The van der Waals surface area contributed by atoms with Gasteiger partial charge in [0.15, 0.2) is 0 Å². The Morgan fingerprint density at radius 3 is 2.43 bits per heavy atom. The summed E-state index contributed by atoms with van der Waals surface area (Å²) in [4.78, 5) is 6.14. The zero-order valence-electron chi connectivity index (χ0n) is 13.5. The number of thiophene rings is 1. The number of hydrogen-bond acceptors (Lipinski definition) is 3. The molecule has 2 aromatic carbocycles. The maximum atomic E-state index is 5.51. The number of nitrogens with zero attached hydrogens (tertiary/aromatic N) is 1. The first kappa shape index (κ1) is 15.5. The van der Waals surface area contributed by atoms with Crippen molar-refractivity contribution in [2.45, 2.75) is 13.8 Å². The normalized spacial score (nSPS) is 11.5. The number of aliphatic imine (C=N–C) groups is 1. The molecule has 116 valence electrons. The van der Waals surface area contributed by atoms with Crippen molar-refractivity contribution in [3.8, 4) is 5.75 Å². The van der Waals surface area contributed by atoms with E-state index in [4.69, 9.17) is 9.73 Å².